The van der Waals surface area contributed by atoms with Gasteiger partial charge in [-0.1, -0.05) is 76.6 Å². The standard InChI is InChI=1S/C34H41FN4/c1-11-12-26(5)39(10)33(27(6)37-21-29-13-15-31(23(2)17-29)25(4)20-36)19-34(8,9)28(7)38-22-30-14-16-32(35)24(3)18-30/h11-19,37-38H,1,4,6-7,21-22H2,2-3,5,8-10H3/b26-12-,33-19-. The molecule has 4 nitrogen and oxygen atoms in total. The number of benzene rings is 2. The van der Waals surface area contributed by atoms with E-state index in [4.69, 9.17) is 0 Å². The number of nitrogens with one attached hydrogen (secondary N) is 2. The van der Waals surface area contributed by atoms with Crippen LogP contribution in [0.1, 0.15) is 48.6 Å². The molecule has 2 rings (SSSR count). The van der Waals surface area contributed by atoms with E-state index in [1.807, 2.05) is 45.2 Å². The van der Waals surface area contributed by atoms with E-state index < -0.39 is 5.41 Å². The molecular weight excluding hydrogens is 483 g/mol. The number of likely N-dealkylation sites (N-methyl/N-ethyl adjacent to an activating group) is 1. The lowest BCUT2D eigenvalue weighted by atomic mass is 9.87. The average molecular weight is 525 g/mol. The zero-order valence-corrected chi connectivity index (χ0v) is 24.2. The first-order chi connectivity index (χ1) is 18.3. The lowest BCUT2D eigenvalue weighted by molar-refractivity contribution is 0.472. The van der Waals surface area contributed by atoms with Crippen molar-refractivity contribution < 1.29 is 4.39 Å². The second-order valence-electron chi connectivity index (χ2n) is 10.3. The summed E-state index contributed by atoms with van der Waals surface area (Å²) in [5.74, 6) is -0.207. The molecule has 2 N–H and O–H groups in total. The third kappa shape index (κ3) is 8.35. The third-order valence-electron chi connectivity index (χ3n) is 6.82. The molecule has 0 heterocycles. The summed E-state index contributed by atoms with van der Waals surface area (Å²) in [5, 5.41) is 16.1. The van der Waals surface area contributed by atoms with Crippen molar-refractivity contribution in [2.24, 2.45) is 5.41 Å². The van der Waals surface area contributed by atoms with Crippen LogP contribution < -0.4 is 10.6 Å². The highest BCUT2D eigenvalue weighted by molar-refractivity contribution is 5.76. The smallest absolute Gasteiger partial charge is 0.126 e. The SMILES string of the molecule is C=C/C=C(/C)N(C)/C(=C\C(C)(C)C(=C)NCc1ccc(F)c(C)c1)C(=C)NCc1ccc(C(=C)C#N)c(C)c1. The monoisotopic (exact) mass is 524 g/mol. The van der Waals surface area contributed by atoms with Gasteiger partial charge in [-0.05, 0) is 66.8 Å². The van der Waals surface area contributed by atoms with Crippen molar-refractivity contribution in [1.82, 2.24) is 15.5 Å². The molecule has 0 aromatic heterocycles. The molecule has 0 fully saturated rings. The van der Waals surface area contributed by atoms with Crippen molar-refractivity contribution >= 4 is 5.57 Å². The molecule has 0 aliphatic rings. The zero-order chi connectivity index (χ0) is 29.3. The van der Waals surface area contributed by atoms with Gasteiger partial charge in [-0.2, -0.15) is 5.26 Å². The number of aryl methyl sites for hydroxylation is 2. The van der Waals surface area contributed by atoms with Crippen LogP contribution in [0.5, 0.6) is 0 Å². The summed E-state index contributed by atoms with van der Waals surface area (Å²) in [6.07, 6.45) is 5.84. The van der Waals surface area contributed by atoms with Gasteiger partial charge in [-0.3, -0.25) is 0 Å². The summed E-state index contributed by atoms with van der Waals surface area (Å²) >= 11 is 0. The summed E-state index contributed by atoms with van der Waals surface area (Å²) in [6.45, 7) is 27.4. The van der Waals surface area contributed by atoms with Crippen molar-refractivity contribution in [2.75, 3.05) is 7.05 Å². The van der Waals surface area contributed by atoms with Gasteiger partial charge >= 0.3 is 0 Å². The van der Waals surface area contributed by atoms with Gasteiger partial charge in [0, 0.05) is 36.9 Å². The second-order valence-corrected chi connectivity index (χ2v) is 10.3. The number of hydrogen-bond donors (Lipinski definition) is 2. The van der Waals surface area contributed by atoms with E-state index >= 15 is 0 Å². The molecule has 0 radical (unpaired) electrons. The number of allylic oxidation sites excluding steroid dienone is 5. The molecule has 0 saturated heterocycles. The van der Waals surface area contributed by atoms with Crippen LogP contribution in [-0.2, 0) is 13.1 Å². The summed E-state index contributed by atoms with van der Waals surface area (Å²) in [7, 11) is 1.99. The molecule has 0 amide bonds. The van der Waals surface area contributed by atoms with Gasteiger partial charge in [-0.25, -0.2) is 4.39 Å². The van der Waals surface area contributed by atoms with Crippen LogP contribution in [0.2, 0.25) is 0 Å². The van der Waals surface area contributed by atoms with Crippen molar-refractivity contribution in [3.63, 3.8) is 0 Å². The highest BCUT2D eigenvalue weighted by Crippen LogP contribution is 2.30. The van der Waals surface area contributed by atoms with E-state index in [0.29, 0.717) is 24.2 Å². The first-order valence-electron chi connectivity index (χ1n) is 12.9. The Morgan fingerprint density at radius 1 is 1.03 bits per heavy atom. The number of rotatable bonds is 13. The Labute approximate surface area is 234 Å². The zero-order valence-electron chi connectivity index (χ0n) is 24.2. The first kappa shape index (κ1) is 30.9. The number of nitrogens with zero attached hydrogens (tertiary/aromatic N) is 2. The molecule has 0 spiro atoms. The minimum absolute atomic E-state index is 0.207. The molecule has 39 heavy (non-hydrogen) atoms. The molecule has 0 unspecified atom stereocenters. The molecule has 0 bridgehead atoms. The average Bonchev–Trinajstić information content (AvgIpc) is 2.90. The lowest BCUT2D eigenvalue weighted by Crippen LogP contribution is -2.29. The Bertz CT molecular complexity index is 1370. The van der Waals surface area contributed by atoms with Crippen molar-refractivity contribution in [2.45, 2.75) is 47.7 Å². The van der Waals surface area contributed by atoms with Gasteiger partial charge in [0.1, 0.15) is 5.82 Å². The summed E-state index contributed by atoms with van der Waals surface area (Å²) in [5.41, 5.74) is 8.06. The number of hydrogen-bond acceptors (Lipinski definition) is 4. The predicted octanol–water partition coefficient (Wildman–Crippen LogP) is 7.82. The second kappa shape index (κ2) is 13.5. The van der Waals surface area contributed by atoms with Crippen LogP contribution in [0, 0.1) is 36.4 Å². The predicted molar refractivity (Wildman–Crippen MR) is 163 cm³/mol. The molecule has 204 valence electrons. The van der Waals surface area contributed by atoms with Crippen molar-refractivity contribution in [3.8, 4) is 6.07 Å². The molecule has 5 heteroatoms. The van der Waals surface area contributed by atoms with E-state index in [0.717, 1.165) is 45.0 Å². The summed E-state index contributed by atoms with van der Waals surface area (Å²) in [4.78, 5) is 2.07. The molecule has 0 atom stereocenters. The molecule has 0 saturated carbocycles. The summed E-state index contributed by atoms with van der Waals surface area (Å²) in [6, 6.07) is 13.2. The first-order valence-corrected chi connectivity index (χ1v) is 12.9. The van der Waals surface area contributed by atoms with Gasteiger partial charge in [0.05, 0.1) is 23.0 Å². The minimum atomic E-state index is -0.437. The molecule has 2 aromatic rings. The highest BCUT2D eigenvalue weighted by atomic mass is 19.1. The Hall–Kier alpha value is -4.30. The van der Waals surface area contributed by atoms with Crippen LogP contribution in [-0.4, -0.2) is 11.9 Å². The largest absolute Gasteiger partial charge is 0.384 e. The Balaban J connectivity index is 2.27. The van der Waals surface area contributed by atoms with Gasteiger partial charge < -0.3 is 15.5 Å². The summed E-state index contributed by atoms with van der Waals surface area (Å²) < 4.78 is 13.7. The highest BCUT2D eigenvalue weighted by Gasteiger charge is 2.23. The Morgan fingerprint density at radius 2 is 1.62 bits per heavy atom. The van der Waals surface area contributed by atoms with Crippen LogP contribution in [0.4, 0.5) is 4.39 Å². The molecular formula is C34H41FN4. The van der Waals surface area contributed by atoms with E-state index in [-0.39, 0.29) is 5.82 Å². The molecule has 0 aliphatic carbocycles. The van der Waals surface area contributed by atoms with Crippen LogP contribution in [0.25, 0.3) is 5.57 Å². The van der Waals surface area contributed by atoms with Crippen molar-refractivity contribution in [3.05, 3.63) is 137 Å². The molecule has 2 aromatic carbocycles. The maximum atomic E-state index is 13.7. The fourth-order valence-electron chi connectivity index (χ4n) is 4.07. The number of halogens is 1. The Morgan fingerprint density at radius 3 is 2.18 bits per heavy atom. The van der Waals surface area contributed by atoms with E-state index in [1.165, 1.54) is 6.07 Å². The fourth-order valence-corrected chi connectivity index (χ4v) is 4.07. The lowest BCUT2D eigenvalue weighted by Gasteiger charge is -2.31. The maximum absolute atomic E-state index is 13.7. The van der Waals surface area contributed by atoms with Crippen LogP contribution in [0.15, 0.2) is 104 Å². The molecule has 0 aliphatic heterocycles. The van der Waals surface area contributed by atoms with Gasteiger partial charge in [0.2, 0.25) is 0 Å². The minimum Gasteiger partial charge on any atom is -0.384 e. The van der Waals surface area contributed by atoms with Gasteiger partial charge in [-0.15, -0.1) is 0 Å². The normalized spacial score (nSPS) is 11.8. The maximum Gasteiger partial charge on any atom is 0.126 e. The van der Waals surface area contributed by atoms with E-state index in [2.05, 4.69) is 73.9 Å². The van der Waals surface area contributed by atoms with Gasteiger partial charge in [0.25, 0.3) is 0 Å². The van der Waals surface area contributed by atoms with Gasteiger partial charge in [0.15, 0.2) is 0 Å². The van der Waals surface area contributed by atoms with Crippen LogP contribution >= 0.6 is 0 Å². The quantitative estimate of drug-likeness (QED) is 0.207. The topological polar surface area (TPSA) is 51.1 Å². The van der Waals surface area contributed by atoms with E-state index in [1.54, 1.807) is 19.1 Å². The number of nitriles is 1. The third-order valence-corrected chi connectivity index (χ3v) is 6.82. The Kier molecular flexibility index (Phi) is 10.7. The fraction of sp³-hybridized carbons (Fsp3) is 0.265. The van der Waals surface area contributed by atoms with Crippen molar-refractivity contribution in [1.29, 1.82) is 5.26 Å². The van der Waals surface area contributed by atoms with Crippen LogP contribution in [0.3, 0.4) is 0 Å². The van der Waals surface area contributed by atoms with E-state index in [9.17, 15) is 9.65 Å².